The van der Waals surface area contributed by atoms with E-state index < -0.39 is 0 Å². The molecule has 0 aromatic carbocycles. The first-order chi connectivity index (χ1) is 3.43. The second kappa shape index (κ2) is 1.78. The van der Waals surface area contributed by atoms with Crippen LogP contribution in [0.3, 0.4) is 0 Å². The Labute approximate surface area is 42.6 Å². The first kappa shape index (κ1) is 4.37. The minimum Gasteiger partial charge on any atom is -0.285 e. The fraction of sp³-hybridized carbons (Fsp3) is 0.400. The third-order valence-corrected chi connectivity index (χ3v) is 0.963. The second-order valence-corrected chi connectivity index (χ2v) is 1.46. The van der Waals surface area contributed by atoms with Crippen molar-refractivity contribution >= 4 is 0 Å². The molecule has 0 saturated heterocycles. The summed E-state index contributed by atoms with van der Waals surface area (Å²) in [4.78, 5) is 0. The molecule has 0 atom stereocenters. The highest BCUT2D eigenvalue weighted by molar-refractivity contribution is 5.00. The molecule has 2 heteroatoms. The summed E-state index contributed by atoms with van der Waals surface area (Å²) in [6, 6.07) is 0. The van der Waals surface area contributed by atoms with Crippen LogP contribution in [0, 0.1) is 0 Å². The zero-order valence-corrected chi connectivity index (χ0v) is 4.31. The molecule has 0 fully saturated rings. The van der Waals surface area contributed by atoms with Crippen molar-refractivity contribution < 1.29 is 0 Å². The van der Waals surface area contributed by atoms with E-state index in [0.29, 0.717) is 0 Å². The van der Waals surface area contributed by atoms with Crippen LogP contribution in [0.5, 0.6) is 0 Å². The van der Waals surface area contributed by atoms with E-state index in [9.17, 15) is 0 Å². The SMILES string of the molecule is CCc1cn[nH]c1. The van der Waals surface area contributed by atoms with Crippen molar-refractivity contribution in [1.29, 1.82) is 0 Å². The average Bonchev–Trinajstić information content (AvgIpc) is 2.14. The molecular weight excluding hydrogens is 88.1 g/mol. The maximum absolute atomic E-state index is 3.77. The van der Waals surface area contributed by atoms with Gasteiger partial charge in [-0.1, -0.05) is 6.92 Å². The highest BCUT2D eigenvalue weighted by Crippen LogP contribution is 1.91. The number of nitrogens with zero attached hydrogens (tertiary/aromatic N) is 1. The van der Waals surface area contributed by atoms with Gasteiger partial charge in [0.25, 0.3) is 0 Å². The average molecular weight is 96.1 g/mol. The van der Waals surface area contributed by atoms with Gasteiger partial charge in [0.2, 0.25) is 0 Å². The molecule has 0 aliphatic rings. The molecule has 38 valence electrons. The summed E-state index contributed by atoms with van der Waals surface area (Å²) < 4.78 is 0. The number of aromatic nitrogens is 2. The number of aromatic amines is 1. The van der Waals surface area contributed by atoms with Gasteiger partial charge in [-0.3, -0.25) is 5.10 Å². The Kier molecular flexibility index (Phi) is 1.11. The molecule has 0 aliphatic carbocycles. The van der Waals surface area contributed by atoms with Crippen molar-refractivity contribution in [2.45, 2.75) is 13.3 Å². The van der Waals surface area contributed by atoms with Gasteiger partial charge in [0, 0.05) is 6.20 Å². The van der Waals surface area contributed by atoms with Gasteiger partial charge >= 0.3 is 0 Å². The van der Waals surface area contributed by atoms with Crippen molar-refractivity contribution in [3.63, 3.8) is 0 Å². The molecular formula is C5H8N2. The fourth-order valence-corrected chi connectivity index (χ4v) is 0.471. The Bertz CT molecular complexity index is 121. The van der Waals surface area contributed by atoms with Crippen LogP contribution in [0.25, 0.3) is 0 Å². The van der Waals surface area contributed by atoms with Crippen molar-refractivity contribution in [2.24, 2.45) is 0 Å². The van der Waals surface area contributed by atoms with Crippen LogP contribution in [-0.4, -0.2) is 10.2 Å². The molecule has 1 heterocycles. The Morgan fingerprint density at radius 1 is 1.86 bits per heavy atom. The first-order valence-electron chi connectivity index (χ1n) is 2.41. The highest BCUT2D eigenvalue weighted by Gasteiger charge is 1.82. The predicted octanol–water partition coefficient (Wildman–Crippen LogP) is 0.972. The lowest BCUT2D eigenvalue weighted by atomic mass is 10.3. The van der Waals surface area contributed by atoms with Crippen LogP contribution in [0.1, 0.15) is 12.5 Å². The smallest absolute Gasteiger partial charge is 0.0519 e. The second-order valence-electron chi connectivity index (χ2n) is 1.46. The Hall–Kier alpha value is -0.790. The minimum atomic E-state index is 1.07. The number of hydrogen-bond acceptors (Lipinski definition) is 1. The van der Waals surface area contributed by atoms with E-state index in [-0.39, 0.29) is 0 Å². The molecule has 0 saturated carbocycles. The molecule has 7 heavy (non-hydrogen) atoms. The maximum atomic E-state index is 3.77. The topological polar surface area (TPSA) is 28.7 Å². The van der Waals surface area contributed by atoms with Gasteiger partial charge in [-0.05, 0) is 12.0 Å². The lowest BCUT2D eigenvalue weighted by molar-refractivity contribution is 1.09. The van der Waals surface area contributed by atoms with E-state index >= 15 is 0 Å². The third kappa shape index (κ3) is 0.796. The number of rotatable bonds is 1. The van der Waals surface area contributed by atoms with Crippen LogP contribution in [0.2, 0.25) is 0 Å². The van der Waals surface area contributed by atoms with E-state index in [1.165, 1.54) is 5.56 Å². The molecule has 0 amide bonds. The molecule has 0 unspecified atom stereocenters. The van der Waals surface area contributed by atoms with Crippen molar-refractivity contribution in [3.8, 4) is 0 Å². The predicted molar refractivity (Wildman–Crippen MR) is 28.0 cm³/mol. The van der Waals surface area contributed by atoms with Crippen molar-refractivity contribution in [3.05, 3.63) is 18.0 Å². The monoisotopic (exact) mass is 96.1 g/mol. The summed E-state index contributed by atoms with van der Waals surface area (Å²) in [5.41, 5.74) is 1.26. The number of H-pyrrole nitrogens is 1. The normalized spacial score (nSPS) is 9.29. The van der Waals surface area contributed by atoms with Gasteiger partial charge in [0.1, 0.15) is 0 Å². The van der Waals surface area contributed by atoms with E-state index in [1.807, 2.05) is 12.4 Å². The molecule has 1 rings (SSSR count). The van der Waals surface area contributed by atoms with E-state index in [1.54, 1.807) is 0 Å². The summed E-state index contributed by atoms with van der Waals surface area (Å²) in [5.74, 6) is 0. The number of nitrogens with one attached hydrogen (secondary N) is 1. The van der Waals surface area contributed by atoms with Gasteiger partial charge in [-0.15, -0.1) is 0 Å². The minimum absolute atomic E-state index is 1.07. The Morgan fingerprint density at radius 3 is 3.00 bits per heavy atom. The standard InChI is InChI=1S/C5H8N2/c1-2-5-3-6-7-4-5/h3-4H,2H2,1H3,(H,6,7). The zero-order chi connectivity index (χ0) is 5.11. The third-order valence-electron chi connectivity index (χ3n) is 0.963. The van der Waals surface area contributed by atoms with Crippen molar-refractivity contribution in [2.75, 3.05) is 0 Å². The largest absolute Gasteiger partial charge is 0.285 e. The molecule has 2 nitrogen and oxygen atoms in total. The van der Waals surface area contributed by atoms with Gasteiger partial charge < -0.3 is 0 Å². The van der Waals surface area contributed by atoms with Crippen LogP contribution in [0.4, 0.5) is 0 Å². The van der Waals surface area contributed by atoms with Gasteiger partial charge in [-0.2, -0.15) is 5.10 Å². The van der Waals surface area contributed by atoms with Gasteiger partial charge in [0.15, 0.2) is 0 Å². The van der Waals surface area contributed by atoms with Gasteiger partial charge in [0.05, 0.1) is 6.20 Å². The first-order valence-corrected chi connectivity index (χ1v) is 2.41. The molecule has 1 aromatic heterocycles. The summed E-state index contributed by atoms with van der Waals surface area (Å²) in [6.45, 7) is 2.10. The highest BCUT2D eigenvalue weighted by atomic mass is 15.1. The van der Waals surface area contributed by atoms with Crippen LogP contribution >= 0.6 is 0 Å². The molecule has 0 radical (unpaired) electrons. The lowest BCUT2D eigenvalue weighted by Gasteiger charge is -1.76. The number of hydrogen-bond donors (Lipinski definition) is 1. The van der Waals surface area contributed by atoms with E-state index in [4.69, 9.17) is 0 Å². The fourth-order valence-electron chi connectivity index (χ4n) is 0.471. The Morgan fingerprint density at radius 2 is 2.71 bits per heavy atom. The molecule has 0 aliphatic heterocycles. The molecule has 1 N–H and O–H groups in total. The summed E-state index contributed by atoms with van der Waals surface area (Å²) in [6.07, 6.45) is 4.80. The summed E-state index contributed by atoms with van der Waals surface area (Å²) >= 11 is 0. The zero-order valence-electron chi connectivity index (χ0n) is 4.31. The van der Waals surface area contributed by atoms with Crippen LogP contribution in [-0.2, 0) is 6.42 Å². The molecule has 0 bridgehead atoms. The maximum Gasteiger partial charge on any atom is 0.0519 e. The Balaban J connectivity index is 2.76. The van der Waals surface area contributed by atoms with Crippen molar-refractivity contribution in [1.82, 2.24) is 10.2 Å². The van der Waals surface area contributed by atoms with E-state index in [0.717, 1.165) is 6.42 Å². The number of aryl methyl sites for hydroxylation is 1. The summed E-state index contributed by atoms with van der Waals surface area (Å²) in [7, 11) is 0. The summed E-state index contributed by atoms with van der Waals surface area (Å²) in [5, 5.41) is 6.50. The van der Waals surface area contributed by atoms with E-state index in [2.05, 4.69) is 17.1 Å². The molecule has 1 aromatic rings. The van der Waals surface area contributed by atoms with Crippen LogP contribution < -0.4 is 0 Å². The quantitative estimate of drug-likeness (QED) is 0.554. The van der Waals surface area contributed by atoms with Crippen LogP contribution in [0.15, 0.2) is 12.4 Å². The van der Waals surface area contributed by atoms with Gasteiger partial charge in [-0.25, -0.2) is 0 Å². The molecule has 0 spiro atoms. The lowest BCUT2D eigenvalue weighted by Crippen LogP contribution is -1.67.